The van der Waals surface area contributed by atoms with E-state index in [1.54, 1.807) is 6.92 Å². The Morgan fingerprint density at radius 1 is 1.15 bits per heavy atom. The van der Waals surface area contributed by atoms with Crippen molar-refractivity contribution in [2.24, 2.45) is 0 Å². The van der Waals surface area contributed by atoms with Gasteiger partial charge >= 0.3 is 5.97 Å². The maximum Gasteiger partial charge on any atom is 0.361 e. The molecule has 0 spiro atoms. The van der Waals surface area contributed by atoms with Crippen LogP contribution in [-0.2, 0) is 11.3 Å². The lowest BCUT2D eigenvalue weighted by Gasteiger charge is -2.25. The molecule has 0 saturated heterocycles. The lowest BCUT2D eigenvalue weighted by Crippen LogP contribution is -2.32. The van der Waals surface area contributed by atoms with Crippen LogP contribution in [0.3, 0.4) is 0 Å². The number of aromatic nitrogens is 3. The number of hydrogen-bond donors (Lipinski definition) is 0. The average Bonchev–Trinajstić information content (AvgIpc) is 3.10. The molecule has 2 heterocycles. The smallest absolute Gasteiger partial charge is 0.361 e. The van der Waals surface area contributed by atoms with Gasteiger partial charge in [0.05, 0.1) is 6.61 Å². The van der Waals surface area contributed by atoms with E-state index in [4.69, 9.17) is 9.26 Å². The summed E-state index contributed by atoms with van der Waals surface area (Å²) in [5.74, 6) is 0.0644. The zero-order chi connectivity index (χ0) is 19.2. The van der Waals surface area contributed by atoms with E-state index in [1.807, 2.05) is 32.3 Å². The number of fused-ring (bicyclic) bond motifs is 1. The van der Waals surface area contributed by atoms with Crippen molar-refractivity contribution in [2.75, 3.05) is 38.7 Å². The molecule has 0 bridgehead atoms. The van der Waals surface area contributed by atoms with Crippen LogP contribution in [0.1, 0.15) is 23.0 Å². The standard InChI is InChI=1S/C19H23N5O3/c1-4-26-19(25)16-15-17(20-13-21-18(15)27-22-16)24(11-10-23(2)3)12-14-8-6-5-7-9-14/h5-9,13H,4,10-12H2,1-3H3. The first-order valence-electron chi connectivity index (χ1n) is 8.81. The maximum absolute atomic E-state index is 12.3. The topological polar surface area (TPSA) is 84.6 Å². The van der Waals surface area contributed by atoms with Gasteiger partial charge in [-0.15, -0.1) is 0 Å². The van der Waals surface area contributed by atoms with E-state index in [2.05, 4.69) is 37.1 Å². The normalized spacial score (nSPS) is 11.1. The van der Waals surface area contributed by atoms with Gasteiger partial charge in [0.25, 0.3) is 5.71 Å². The van der Waals surface area contributed by atoms with Gasteiger partial charge in [-0.3, -0.25) is 0 Å². The number of carbonyl (C=O) groups is 1. The molecule has 8 heteroatoms. The van der Waals surface area contributed by atoms with Crippen LogP contribution in [0.2, 0.25) is 0 Å². The average molecular weight is 369 g/mol. The molecule has 3 rings (SSSR count). The van der Waals surface area contributed by atoms with Gasteiger partial charge in [0.2, 0.25) is 5.69 Å². The van der Waals surface area contributed by atoms with Crippen molar-refractivity contribution in [1.82, 2.24) is 20.0 Å². The third-order valence-electron chi connectivity index (χ3n) is 4.05. The number of carbonyl (C=O) groups excluding carboxylic acids is 1. The molecule has 0 aliphatic rings. The highest BCUT2D eigenvalue weighted by Gasteiger charge is 2.25. The van der Waals surface area contributed by atoms with Gasteiger partial charge in [0, 0.05) is 19.6 Å². The van der Waals surface area contributed by atoms with Crippen molar-refractivity contribution in [3.05, 3.63) is 47.9 Å². The monoisotopic (exact) mass is 369 g/mol. The van der Waals surface area contributed by atoms with E-state index in [1.165, 1.54) is 6.33 Å². The van der Waals surface area contributed by atoms with E-state index < -0.39 is 5.97 Å². The van der Waals surface area contributed by atoms with Crippen molar-refractivity contribution in [2.45, 2.75) is 13.5 Å². The second-order valence-electron chi connectivity index (χ2n) is 6.34. The van der Waals surface area contributed by atoms with Crippen LogP contribution in [0.5, 0.6) is 0 Å². The van der Waals surface area contributed by atoms with Crippen molar-refractivity contribution < 1.29 is 14.1 Å². The minimum absolute atomic E-state index is 0.102. The molecular formula is C19H23N5O3. The summed E-state index contributed by atoms with van der Waals surface area (Å²) in [5.41, 5.74) is 1.51. The molecule has 0 unspecified atom stereocenters. The fraction of sp³-hybridized carbons (Fsp3) is 0.368. The summed E-state index contributed by atoms with van der Waals surface area (Å²) in [7, 11) is 4.03. The molecule has 0 atom stereocenters. The van der Waals surface area contributed by atoms with Crippen molar-refractivity contribution in [3.63, 3.8) is 0 Å². The van der Waals surface area contributed by atoms with E-state index in [-0.39, 0.29) is 18.0 Å². The fourth-order valence-corrected chi connectivity index (χ4v) is 2.73. The van der Waals surface area contributed by atoms with Crippen LogP contribution in [-0.4, -0.2) is 59.8 Å². The van der Waals surface area contributed by atoms with Gasteiger partial charge < -0.3 is 19.1 Å². The Hall–Kier alpha value is -3.00. The van der Waals surface area contributed by atoms with Gasteiger partial charge in [0.15, 0.2) is 0 Å². The number of ether oxygens (including phenoxy) is 1. The van der Waals surface area contributed by atoms with Crippen LogP contribution in [0.15, 0.2) is 41.2 Å². The summed E-state index contributed by atoms with van der Waals surface area (Å²) < 4.78 is 10.3. The Morgan fingerprint density at radius 2 is 1.93 bits per heavy atom. The first-order valence-corrected chi connectivity index (χ1v) is 8.81. The summed E-state index contributed by atoms with van der Waals surface area (Å²) in [6.07, 6.45) is 1.42. The van der Waals surface area contributed by atoms with Gasteiger partial charge in [-0.1, -0.05) is 35.5 Å². The minimum Gasteiger partial charge on any atom is -0.461 e. The molecule has 0 N–H and O–H groups in total. The number of benzene rings is 1. The summed E-state index contributed by atoms with van der Waals surface area (Å²) in [5, 5.41) is 4.35. The Morgan fingerprint density at radius 3 is 2.63 bits per heavy atom. The van der Waals surface area contributed by atoms with Crippen molar-refractivity contribution in [1.29, 1.82) is 0 Å². The van der Waals surface area contributed by atoms with E-state index in [0.717, 1.165) is 12.1 Å². The molecule has 0 fully saturated rings. The molecule has 2 aromatic heterocycles. The minimum atomic E-state index is -0.542. The summed E-state index contributed by atoms with van der Waals surface area (Å²) in [6.45, 7) is 4.16. The summed E-state index contributed by atoms with van der Waals surface area (Å²) in [4.78, 5) is 25.0. The van der Waals surface area contributed by atoms with Crippen molar-refractivity contribution in [3.8, 4) is 0 Å². The van der Waals surface area contributed by atoms with Gasteiger partial charge in [-0.2, -0.15) is 4.98 Å². The summed E-state index contributed by atoms with van der Waals surface area (Å²) >= 11 is 0. The predicted octanol–water partition coefficient (Wildman–Crippen LogP) is 2.36. The number of nitrogens with zero attached hydrogens (tertiary/aromatic N) is 5. The van der Waals surface area contributed by atoms with Crippen LogP contribution in [0, 0.1) is 0 Å². The third-order valence-corrected chi connectivity index (χ3v) is 4.05. The quantitative estimate of drug-likeness (QED) is 0.560. The third kappa shape index (κ3) is 4.40. The van der Waals surface area contributed by atoms with Gasteiger partial charge in [-0.05, 0) is 26.6 Å². The first-order chi connectivity index (χ1) is 13.1. The first kappa shape index (κ1) is 18.8. The second-order valence-corrected chi connectivity index (χ2v) is 6.34. The van der Waals surface area contributed by atoms with E-state index >= 15 is 0 Å². The zero-order valence-corrected chi connectivity index (χ0v) is 15.8. The van der Waals surface area contributed by atoms with E-state index in [9.17, 15) is 4.79 Å². The number of rotatable bonds is 8. The molecule has 8 nitrogen and oxygen atoms in total. The molecule has 0 amide bonds. The second kappa shape index (κ2) is 8.59. The summed E-state index contributed by atoms with van der Waals surface area (Å²) in [6, 6.07) is 10.1. The molecule has 27 heavy (non-hydrogen) atoms. The molecule has 142 valence electrons. The highest BCUT2D eigenvalue weighted by atomic mass is 16.5. The molecule has 0 saturated carbocycles. The molecule has 0 aliphatic carbocycles. The number of likely N-dealkylation sites (N-methyl/N-ethyl adjacent to an activating group) is 1. The molecular weight excluding hydrogens is 346 g/mol. The Kier molecular flexibility index (Phi) is 5.97. The Labute approximate surface area is 157 Å². The molecule has 0 aliphatic heterocycles. The Bertz CT molecular complexity index is 895. The highest BCUT2D eigenvalue weighted by molar-refractivity contribution is 6.04. The van der Waals surface area contributed by atoms with Crippen LogP contribution >= 0.6 is 0 Å². The van der Waals surface area contributed by atoms with Crippen molar-refractivity contribution >= 4 is 22.9 Å². The highest BCUT2D eigenvalue weighted by Crippen LogP contribution is 2.28. The largest absolute Gasteiger partial charge is 0.461 e. The Balaban J connectivity index is 2.03. The van der Waals surface area contributed by atoms with Gasteiger partial charge in [-0.25, -0.2) is 9.78 Å². The molecule has 1 aromatic carbocycles. The van der Waals surface area contributed by atoms with E-state index in [0.29, 0.717) is 24.3 Å². The van der Waals surface area contributed by atoms with Crippen LogP contribution in [0.4, 0.5) is 5.82 Å². The lowest BCUT2D eigenvalue weighted by molar-refractivity contribution is 0.0517. The number of hydrogen-bond acceptors (Lipinski definition) is 8. The molecule has 3 aromatic rings. The molecule has 0 radical (unpaired) electrons. The predicted molar refractivity (Wildman–Crippen MR) is 102 cm³/mol. The lowest BCUT2D eigenvalue weighted by atomic mass is 10.2. The maximum atomic E-state index is 12.3. The number of anilines is 1. The SMILES string of the molecule is CCOC(=O)c1noc2ncnc(N(CCN(C)C)Cc3ccccc3)c12. The number of esters is 1. The van der Waals surface area contributed by atoms with Crippen LogP contribution < -0.4 is 4.90 Å². The fourth-order valence-electron chi connectivity index (χ4n) is 2.73. The van der Waals surface area contributed by atoms with Crippen LogP contribution in [0.25, 0.3) is 11.1 Å². The van der Waals surface area contributed by atoms with Gasteiger partial charge in [0.1, 0.15) is 17.5 Å². The zero-order valence-electron chi connectivity index (χ0n) is 15.8.